The Morgan fingerprint density at radius 2 is 1.26 bits per heavy atom. The summed E-state index contributed by atoms with van der Waals surface area (Å²) in [5.74, 6) is 0.757. The maximum absolute atomic E-state index is 5.76. The molecule has 0 fully saturated rings. The van der Waals surface area contributed by atoms with Crippen molar-refractivity contribution in [3.63, 3.8) is 0 Å². The molecule has 0 N–H and O–H groups in total. The van der Waals surface area contributed by atoms with Crippen LogP contribution in [0.3, 0.4) is 0 Å². The molecule has 0 aliphatic carbocycles. The van der Waals surface area contributed by atoms with Crippen molar-refractivity contribution in [2.24, 2.45) is 0 Å². The van der Waals surface area contributed by atoms with Crippen molar-refractivity contribution in [3.05, 3.63) is 82.6 Å². The Morgan fingerprint density at radius 3 is 1.83 bits per heavy atom. The Bertz CT molecular complexity index is 751. The molecule has 2 aromatic carbocycles. The number of halogens is 1. The van der Waals surface area contributed by atoms with Crippen molar-refractivity contribution in [3.8, 4) is 11.8 Å². The topological polar surface area (TPSA) is 44.2 Å². The Labute approximate surface area is 143 Å². The van der Waals surface area contributed by atoms with Crippen LogP contribution in [0.5, 0.6) is 11.8 Å². The average molecular weight is 371 g/mol. The van der Waals surface area contributed by atoms with Crippen molar-refractivity contribution in [1.29, 1.82) is 0 Å². The highest BCUT2D eigenvalue weighted by molar-refractivity contribution is 9.10. The van der Waals surface area contributed by atoms with Crippen molar-refractivity contribution in [2.75, 3.05) is 0 Å². The Balaban J connectivity index is 1.70. The van der Waals surface area contributed by atoms with Gasteiger partial charge in [-0.15, -0.1) is 0 Å². The summed E-state index contributed by atoms with van der Waals surface area (Å²) < 4.78 is 12.1. The third-order valence-electron chi connectivity index (χ3n) is 3.12. The number of nitrogens with zero attached hydrogens (tertiary/aromatic N) is 2. The van der Waals surface area contributed by atoms with Crippen LogP contribution in [0.25, 0.3) is 0 Å². The summed E-state index contributed by atoms with van der Waals surface area (Å²) in [5.41, 5.74) is 2.12. The highest BCUT2D eigenvalue weighted by Gasteiger charge is 2.10. The van der Waals surface area contributed by atoms with Crippen molar-refractivity contribution < 1.29 is 9.47 Å². The first-order valence-electron chi connectivity index (χ1n) is 7.17. The fraction of sp³-hybridized carbons (Fsp3) is 0.111. The highest BCUT2D eigenvalue weighted by Crippen LogP contribution is 2.25. The second-order valence-electron chi connectivity index (χ2n) is 4.85. The predicted octanol–water partition coefficient (Wildman–Crippen LogP) is 4.40. The molecule has 0 spiro atoms. The first kappa shape index (κ1) is 15.5. The van der Waals surface area contributed by atoms with Gasteiger partial charge in [0.05, 0.1) is 6.20 Å². The van der Waals surface area contributed by atoms with E-state index in [1.807, 2.05) is 60.7 Å². The molecule has 1 aromatic heterocycles. The van der Waals surface area contributed by atoms with Crippen LogP contribution in [0.4, 0.5) is 0 Å². The molecular weight excluding hydrogens is 356 g/mol. The Hall–Kier alpha value is -2.40. The van der Waals surface area contributed by atoms with Gasteiger partial charge in [-0.3, -0.25) is 0 Å². The summed E-state index contributed by atoms with van der Waals surface area (Å²) in [5, 5.41) is 0. The quantitative estimate of drug-likeness (QED) is 0.644. The zero-order valence-corrected chi connectivity index (χ0v) is 13.9. The molecule has 0 radical (unpaired) electrons. The number of hydrogen-bond acceptors (Lipinski definition) is 4. The fourth-order valence-electron chi connectivity index (χ4n) is 1.99. The van der Waals surface area contributed by atoms with Crippen LogP contribution in [0, 0.1) is 0 Å². The normalized spacial score (nSPS) is 10.3. The summed E-state index contributed by atoms with van der Waals surface area (Å²) in [7, 11) is 0. The first-order chi connectivity index (χ1) is 11.3. The average Bonchev–Trinajstić information content (AvgIpc) is 2.61. The molecule has 1 heterocycles. The van der Waals surface area contributed by atoms with E-state index in [1.165, 1.54) is 0 Å². The molecule has 0 aliphatic rings. The number of benzene rings is 2. The lowest BCUT2D eigenvalue weighted by Gasteiger charge is -2.11. The lowest BCUT2D eigenvalue weighted by molar-refractivity contribution is 0.238. The zero-order chi connectivity index (χ0) is 15.9. The van der Waals surface area contributed by atoms with E-state index >= 15 is 0 Å². The van der Waals surface area contributed by atoms with Crippen molar-refractivity contribution >= 4 is 15.9 Å². The van der Waals surface area contributed by atoms with Gasteiger partial charge in [0, 0.05) is 0 Å². The third kappa shape index (κ3) is 4.53. The Morgan fingerprint density at radius 1 is 0.739 bits per heavy atom. The van der Waals surface area contributed by atoms with Crippen molar-refractivity contribution in [1.82, 2.24) is 9.97 Å². The van der Waals surface area contributed by atoms with Gasteiger partial charge in [-0.1, -0.05) is 60.7 Å². The molecule has 0 atom stereocenters. The van der Waals surface area contributed by atoms with Crippen LogP contribution in [0.15, 0.2) is 71.5 Å². The van der Waals surface area contributed by atoms with Gasteiger partial charge in [-0.25, -0.2) is 4.98 Å². The van der Waals surface area contributed by atoms with Gasteiger partial charge in [0.1, 0.15) is 17.8 Å². The van der Waals surface area contributed by atoms with E-state index in [9.17, 15) is 0 Å². The van der Waals surface area contributed by atoms with Crippen molar-refractivity contribution in [2.45, 2.75) is 13.2 Å². The minimum atomic E-state index is 0.374. The molecule has 116 valence electrons. The SMILES string of the molecule is Brc1cnc(OCc2ccccc2)c(OCc2ccccc2)n1. The van der Waals surface area contributed by atoms with E-state index in [1.54, 1.807) is 6.20 Å². The maximum atomic E-state index is 5.76. The first-order valence-corrected chi connectivity index (χ1v) is 7.96. The molecule has 4 nitrogen and oxygen atoms in total. The lowest BCUT2D eigenvalue weighted by atomic mass is 10.2. The van der Waals surface area contributed by atoms with Gasteiger partial charge in [0.2, 0.25) is 0 Å². The minimum Gasteiger partial charge on any atom is -0.469 e. The van der Waals surface area contributed by atoms with Gasteiger partial charge < -0.3 is 9.47 Å². The number of rotatable bonds is 6. The molecule has 3 rings (SSSR count). The monoisotopic (exact) mass is 370 g/mol. The van der Waals surface area contributed by atoms with E-state index in [4.69, 9.17) is 9.47 Å². The summed E-state index contributed by atoms with van der Waals surface area (Å²) >= 11 is 3.31. The molecule has 0 saturated carbocycles. The molecule has 5 heteroatoms. The number of aromatic nitrogens is 2. The van der Waals surface area contributed by atoms with Gasteiger partial charge in [-0.05, 0) is 27.1 Å². The zero-order valence-electron chi connectivity index (χ0n) is 12.4. The van der Waals surface area contributed by atoms with Crippen LogP contribution in [-0.4, -0.2) is 9.97 Å². The molecular formula is C18H15BrN2O2. The van der Waals surface area contributed by atoms with Crippen LogP contribution in [0.2, 0.25) is 0 Å². The van der Waals surface area contributed by atoms with Gasteiger partial charge >= 0.3 is 0 Å². The van der Waals surface area contributed by atoms with Crippen LogP contribution < -0.4 is 9.47 Å². The second kappa shape index (κ2) is 7.74. The standard InChI is InChI=1S/C18H15BrN2O2/c19-16-11-20-17(22-12-14-7-3-1-4-8-14)18(21-16)23-13-15-9-5-2-6-10-15/h1-11H,12-13H2. The van der Waals surface area contributed by atoms with E-state index in [-0.39, 0.29) is 0 Å². The molecule has 0 bridgehead atoms. The second-order valence-corrected chi connectivity index (χ2v) is 5.66. The molecule has 23 heavy (non-hydrogen) atoms. The third-order valence-corrected chi connectivity index (χ3v) is 3.50. The predicted molar refractivity (Wildman–Crippen MR) is 91.3 cm³/mol. The summed E-state index contributed by atoms with van der Waals surface area (Å²) in [4.78, 5) is 8.56. The highest BCUT2D eigenvalue weighted by atomic mass is 79.9. The minimum absolute atomic E-state index is 0.374. The summed E-state index contributed by atoms with van der Waals surface area (Å²) in [6, 6.07) is 19.8. The number of ether oxygens (including phenoxy) is 2. The van der Waals surface area contributed by atoms with E-state index in [0.29, 0.717) is 29.6 Å². The molecule has 0 amide bonds. The van der Waals surface area contributed by atoms with Gasteiger partial charge in [0.25, 0.3) is 11.8 Å². The van der Waals surface area contributed by atoms with Crippen LogP contribution >= 0.6 is 15.9 Å². The van der Waals surface area contributed by atoms with Gasteiger partial charge in [0.15, 0.2) is 0 Å². The van der Waals surface area contributed by atoms with Gasteiger partial charge in [-0.2, -0.15) is 4.98 Å². The fourth-order valence-corrected chi connectivity index (χ4v) is 2.25. The molecule has 0 aliphatic heterocycles. The molecule has 0 saturated heterocycles. The van der Waals surface area contributed by atoms with E-state index < -0.39 is 0 Å². The maximum Gasteiger partial charge on any atom is 0.279 e. The Kier molecular flexibility index (Phi) is 5.21. The van der Waals surface area contributed by atoms with Crippen LogP contribution in [0.1, 0.15) is 11.1 Å². The van der Waals surface area contributed by atoms with E-state index in [0.717, 1.165) is 11.1 Å². The smallest absolute Gasteiger partial charge is 0.279 e. The summed E-state index contributed by atoms with van der Waals surface area (Å²) in [6.07, 6.45) is 1.59. The van der Waals surface area contributed by atoms with Crippen LogP contribution in [-0.2, 0) is 13.2 Å². The number of hydrogen-bond donors (Lipinski definition) is 0. The molecule has 0 unspecified atom stereocenters. The van der Waals surface area contributed by atoms with E-state index in [2.05, 4.69) is 25.9 Å². The lowest BCUT2D eigenvalue weighted by Crippen LogP contribution is -2.04. The largest absolute Gasteiger partial charge is 0.469 e. The molecule has 3 aromatic rings. The summed E-state index contributed by atoms with van der Waals surface area (Å²) in [6.45, 7) is 0.826.